The van der Waals surface area contributed by atoms with Crippen LogP contribution in [0, 0.1) is 15.9 Å². The molecule has 0 aliphatic rings. The van der Waals surface area contributed by atoms with E-state index in [0.717, 1.165) is 29.5 Å². The first-order valence-electron chi connectivity index (χ1n) is 5.01. The molecule has 0 spiro atoms. The molecular weight excluding hydrogens is 375 g/mol. The quantitative estimate of drug-likeness (QED) is 0.650. The lowest BCUT2D eigenvalue weighted by molar-refractivity contribution is -0.383. The average molecular weight is 381 g/mol. The van der Waals surface area contributed by atoms with E-state index in [2.05, 4.69) is 15.9 Å². The predicted octanol–water partition coefficient (Wildman–Crippen LogP) is 3.36. The minimum Gasteiger partial charge on any atom is -0.272 e. The Hall–Kier alpha value is -1.52. The van der Waals surface area contributed by atoms with Gasteiger partial charge in [-0.25, -0.2) is 12.8 Å². The van der Waals surface area contributed by atoms with Crippen molar-refractivity contribution < 1.29 is 17.7 Å². The molecule has 2 aromatic rings. The fourth-order valence-electron chi connectivity index (χ4n) is 1.41. The first-order valence-corrected chi connectivity index (χ1v) is 8.16. The van der Waals surface area contributed by atoms with Gasteiger partial charge in [0.25, 0.3) is 15.7 Å². The summed E-state index contributed by atoms with van der Waals surface area (Å²) in [4.78, 5) is 10.0. The number of halogens is 2. The Labute approximate surface area is 125 Å². The molecule has 6 nitrogen and oxygen atoms in total. The zero-order chi connectivity index (χ0) is 14.9. The number of anilines is 1. The number of rotatable bonds is 4. The van der Waals surface area contributed by atoms with Gasteiger partial charge in [0.05, 0.1) is 4.92 Å². The van der Waals surface area contributed by atoms with Crippen molar-refractivity contribution in [1.82, 2.24) is 0 Å². The van der Waals surface area contributed by atoms with Crippen LogP contribution in [0.1, 0.15) is 0 Å². The number of nitro groups is 1. The van der Waals surface area contributed by atoms with E-state index in [9.17, 15) is 22.9 Å². The average Bonchev–Trinajstić information content (AvgIpc) is 2.75. The Morgan fingerprint density at radius 1 is 1.35 bits per heavy atom. The van der Waals surface area contributed by atoms with Gasteiger partial charge in [-0.2, -0.15) is 0 Å². The number of hydrogen-bond acceptors (Lipinski definition) is 5. The summed E-state index contributed by atoms with van der Waals surface area (Å²) in [5.41, 5.74) is -0.946. The van der Waals surface area contributed by atoms with E-state index in [-0.39, 0.29) is 4.21 Å². The lowest BCUT2D eigenvalue weighted by Crippen LogP contribution is -2.13. The van der Waals surface area contributed by atoms with Crippen molar-refractivity contribution in [2.45, 2.75) is 4.21 Å². The molecule has 1 heterocycles. The summed E-state index contributed by atoms with van der Waals surface area (Å²) in [6, 6.07) is 4.07. The van der Waals surface area contributed by atoms with E-state index >= 15 is 0 Å². The summed E-state index contributed by atoms with van der Waals surface area (Å²) in [7, 11) is -4.02. The van der Waals surface area contributed by atoms with Crippen LogP contribution in [0.2, 0.25) is 0 Å². The molecule has 0 aliphatic carbocycles. The molecule has 1 aromatic heterocycles. The van der Waals surface area contributed by atoms with Crippen LogP contribution in [-0.4, -0.2) is 13.3 Å². The number of nitrogens with one attached hydrogen (secondary N) is 1. The van der Waals surface area contributed by atoms with Crippen LogP contribution in [0.25, 0.3) is 0 Å². The topological polar surface area (TPSA) is 89.3 Å². The Morgan fingerprint density at radius 3 is 2.60 bits per heavy atom. The van der Waals surface area contributed by atoms with Gasteiger partial charge >= 0.3 is 0 Å². The predicted molar refractivity (Wildman–Crippen MR) is 75.9 cm³/mol. The lowest BCUT2D eigenvalue weighted by atomic mass is 10.3. The number of sulfonamides is 1. The van der Waals surface area contributed by atoms with Gasteiger partial charge < -0.3 is 0 Å². The summed E-state index contributed by atoms with van der Waals surface area (Å²) < 4.78 is 39.6. The van der Waals surface area contributed by atoms with E-state index < -0.39 is 32.1 Å². The van der Waals surface area contributed by atoms with Crippen LogP contribution in [0.5, 0.6) is 0 Å². The summed E-state index contributed by atoms with van der Waals surface area (Å²) in [6.07, 6.45) is 0. The molecule has 0 fully saturated rings. The van der Waals surface area contributed by atoms with Crippen molar-refractivity contribution in [3.63, 3.8) is 0 Å². The molecule has 0 saturated carbocycles. The monoisotopic (exact) mass is 380 g/mol. The second-order valence-corrected chi connectivity index (χ2v) is 7.23. The van der Waals surface area contributed by atoms with Gasteiger partial charge in [0.1, 0.15) is 11.5 Å². The summed E-state index contributed by atoms with van der Waals surface area (Å²) in [6.45, 7) is 0. The molecule has 106 valence electrons. The number of hydrogen-bond donors (Lipinski definition) is 1. The van der Waals surface area contributed by atoms with Gasteiger partial charge in [-0.3, -0.25) is 14.8 Å². The molecular formula is C10H6BrFN2O4S2. The molecule has 0 unspecified atom stereocenters. The maximum absolute atomic E-state index is 13.1. The van der Waals surface area contributed by atoms with Crippen molar-refractivity contribution in [3.8, 4) is 0 Å². The zero-order valence-electron chi connectivity index (χ0n) is 9.54. The van der Waals surface area contributed by atoms with Crippen LogP contribution in [-0.2, 0) is 10.0 Å². The second kappa shape index (κ2) is 5.46. The highest BCUT2D eigenvalue weighted by atomic mass is 79.9. The van der Waals surface area contributed by atoms with Gasteiger partial charge in [-0.15, -0.1) is 11.3 Å². The van der Waals surface area contributed by atoms with E-state index in [1.807, 2.05) is 4.72 Å². The van der Waals surface area contributed by atoms with Gasteiger partial charge in [-0.05, 0) is 33.4 Å². The van der Waals surface area contributed by atoms with E-state index in [1.54, 1.807) is 5.38 Å². The first kappa shape index (κ1) is 14.9. The zero-order valence-corrected chi connectivity index (χ0v) is 12.8. The molecule has 0 aliphatic heterocycles. The van der Waals surface area contributed by atoms with Crippen molar-refractivity contribution in [1.29, 1.82) is 0 Å². The third kappa shape index (κ3) is 2.97. The second-order valence-electron chi connectivity index (χ2n) is 3.58. The standard InChI is InChI=1S/C10H6BrFN2O4S2/c11-7-3-4-19-10(7)20(17,18)13-8-5-6(12)1-2-9(8)14(15)16/h1-5,13H. The van der Waals surface area contributed by atoms with Crippen LogP contribution in [0.4, 0.5) is 15.8 Å². The highest BCUT2D eigenvalue weighted by molar-refractivity contribution is 9.10. The normalized spacial score (nSPS) is 11.3. The third-order valence-corrected chi connectivity index (χ3v) is 6.26. The lowest BCUT2D eigenvalue weighted by Gasteiger charge is -2.07. The van der Waals surface area contributed by atoms with Gasteiger partial charge in [0.2, 0.25) is 0 Å². The van der Waals surface area contributed by atoms with E-state index in [1.165, 1.54) is 6.07 Å². The molecule has 1 N–H and O–H groups in total. The molecule has 0 bridgehead atoms. The van der Waals surface area contributed by atoms with Gasteiger partial charge in [0, 0.05) is 16.6 Å². The van der Waals surface area contributed by atoms with Crippen LogP contribution >= 0.6 is 27.3 Å². The number of nitro benzene ring substituents is 1. The molecule has 0 amide bonds. The summed E-state index contributed by atoms with van der Waals surface area (Å²) >= 11 is 3.99. The SMILES string of the molecule is O=[N+]([O-])c1ccc(F)cc1NS(=O)(=O)c1sccc1Br. The first-order chi connectivity index (χ1) is 9.31. The maximum atomic E-state index is 13.1. The minimum absolute atomic E-state index is 0.0453. The Balaban J connectivity index is 2.47. The maximum Gasteiger partial charge on any atom is 0.293 e. The van der Waals surface area contributed by atoms with E-state index in [4.69, 9.17) is 0 Å². The van der Waals surface area contributed by atoms with Crippen molar-refractivity contribution >= 4 is 48.7 Å². The molecule has 20 heavy (non-hydrogen) atoms. The van der Waals surface area contributed by atoms with Crippen molar-refractivity contribution in [3.05, 3.63) is 50.0 Å². The Bertz CT molecular complexity index is 775. The van der Waals surface area contributed by atoms with Crippen LogP contribution < -0.4 is 4.72 Å². The van der Waals surface area contributed by atoms with Gasteiger partial charge in [0.15, 0.2) is 4.21 Å². The van der Waals surface area contributed by atoms with Crippen molar-refractivity contribution in [2.75, 3.05) is 4.72 Å². The highest BCUT2D eigenvalue weighted by Gasteiger charge is 2.24. The smallest absolute Gasteiger partial charge is 0.272 e. The largest absolute Gasteiger partial charge is 0.293 e. The van der Waals surface area contributed by atoms with Crippen LogP contribution in [0.3, 0.4) is 0 Å². The summed E-state index contributed by atoms with van der Waals surface area (Å²) in [5.74, 6) is -0.779. The number of nitrogens with zero attached hydrogens (tertiary/aromatic N) is 1. The molecule has 2 rings (SSSR count). The minimum atomic E-state index is -4.02. The van der Waals surface area contributed by atoms with E-state index in [0.29, 0.717) is 4.47 Å². The Morgan fingerprint density at radius 2 is 2.05 bits per heavy atom. The van der Waals surface area contributed by atoms with Crippen LogP contribution in [0.15, 0.2) is 38.3 Å². The molecule has 1 aromatic carbocycles. The highest BCUT2D eigenvalue weighted by Crippen LogP contribution is 2.32. The van der Waals surface area contributed by atoms with Gasteiger partial charge in [-0.1, -0.05) is 0 Å². The summed E-state index contributed by atoms with van der Waals surface area (Å²) in [5, 5.41) is 12.4. The fraction of sp³-hybridized carbons (Fsp3) is 0. The molecule has 10 heteroatoms. The number of benzene rings is 1. The van der Waals surface area contributed by atoms with Crippen molar-refractivity contribution in [2.24, 2.45) is 0 Å². The third-order valence-electron chi connectivity index (χ3n) is 2.23. The Kier molecular flexibility index (Phi) is 4.06. The molecule has 0 radical (unpaired) electrons. The molecule has 0 saturated heterocycles. The fourth-order valence-corrected chi connectivity index (χ4v) is 4.82. The number of thiophene rings is 1. The molecule has 0 atom stereocenters.